The first-order chi connectivity index (χ1) is 7.71. The maximum absolute atomic E-state index is 12.5. The van der Waals surface area contributed by atoms with Crippen LogP contribution in [0.5, 0.6) is 0 Å². The lowest BCUT2D eigenvalue weighted by atomic mass is 10.0. The summed E-state index contributed by atoms with van der Waals surface area (Å²) < 4.78 is 37.5. The van der Waals surface area contributed by atoms with Gasteiger partial charge in [0.1, 0.15) is 0 Å². The number of rotatable bonds is 3. The van der Waals surface area contributed by atoms with Crippen molar-refractivity contribution < 1.29 is 18.1 Å². The van der Waals surface area contributed by atoms with Gasteiger partial charge in [0.15, 0.2) is 0 Å². The zero-order valence-electron chi connectivity index (χ0n) is 8.79. The molecule has 0 aliphatic heterocycles. The van der Waals surface area contributed by atoms with E-state index in [0.29, 0.717) is 0 Å². The van der Waals surface area contributed by atoms with Gasteiger partial charge in [0.2, 0.25) is 6.04 Å². The summed E-state index contributed by atoms with van der Waals surface area (Å²) in [5, 5.41) is 10.0. The molecule has 0 N–H and O–H groups in total. The molecule has 0 spiro atoms. The first-order valence-electron chi connectivity index (χ1n) is 4.71. The van der Waals surface area contributed by atoms with Crippen LogP contribution in [-0.2, 0) is 12.6 Å². The van der Waals surface area contributed by atoms with Gasteiger partial charge >= 0.3 is 6.18 Å². The summed E-state index contributed by atoms with van der Waals surface area (Å²) in [5.41, 5.74) is -0.724. The minimum Gasteiger partial charge on any atom is -0.264 e. The summed E-state index contributed by atoms with van der Waals surface area (Å²) >= 11 is 5.43. The maximum Gasteiger partial charge on any atom is 0.417 e. The molecule has 7 heteroatoms. The third-order valence-electron chi connectivity index (χ3n) is 2.23. The molecule has 1 rings (SSSR count). The molecule has 3 nitrogen and oxygen atoms in total. The number of benzene rings is 1. The molecule has 0 aliphatic rings. The van der Waals surface area contributed by atoms with Crippen molar-refractivity contribution in [1.29, 1.82) is 0 Å². The maximum atomic E-state index is 12.5. The minimum atomic E-state index is -4.55. The highest BCUT2D eigenvalue weighted by Crippen LogP contribution is 2.35. The van der Waals surface area contributed by atoms with Gasteiger partial charge in [-0.25, -0.2) is 0 Å². The molecule has 0 saturated heterocycles. The van der Waals surface area contributed by atoms with E-state index in [9.17, 15) is 23.3 Å². The van der Waals surface area contributed by atoms with E-state index >= 15 is 0 Å². The zero-order chi connectivity index (χ0) is 13.2. The summed E-state index contributed by atoms with van der Waals surface area (Å²) in [5.74, 6) is 0. The first kappa shape index (κ1) is 13.8. The molecule has 1 unspecified atom stereocenters. The van der Waals surface area contributed by atoms with Gasteiger partial charge in [0.05, 0.1) is 10.6 Å². The lowest BCUT2D eigenvalue weighted by molar-refractivity contribution is -0.517. The number of hydrogen-bond donors (Lipinski definition) is 0. The third-order valence-corrected chi connectivity index (χ3v) is 2.56. The number of halogens is 4. The van der Waals surface area contributed by atoms with Gasteiger partial charge in [-0.05, 0) is 17.7 Å². The van der Waals surface area contributed by atoms with Crippen LogP contribution >= 0.6 is 11.6 Å². The van der Waals surface area contributed by atoms with Gasteiger partial charge in [-0.15, -0.1) is 0 Å². The molecular formula is C10H9ClF3NO2. The molecule has 1 aromatic carbocycles. The van der Waals surface area contributed by atoms with E-state index in [1.54, 1.807) is 0 Å². The molecule has 1 aromatic rings. The van der Waals surface area contributed by atoms with Crippen molar-refractivity contribution in [1.82, 2.24) is 0 Å². The minimum absolute atomic E-state index is 0.0623. The zero-order valence-corrected chi connectivity index (χ0v) is 9.55. The van der Waals surface area contributed by atoms with Gasteiger partial charge < -0.3 is 0 Å². The first-order valence-corrected chi connectivity index (χ1v) is 5.08. The lowest BCUT2D eigenvalue weighted by Gasteiger charge is -2.11. The molecule has 1 atom stereocenters. The summed E-state index contributed by atoms with van der Waals surface area (Å²) in [4.78, 5) is 9.87. The van der Waals surface area contributed by atoms with Crippen molar-refractivity contribution in [3.63, 3.8) is 0 Å². The Kier molecular flexibility index (Phi) is 3.98. The quantitative estimate of drug-likeness (QED) is 0.621. The van der Waals surface area contributed by atoms with E-state index in [1.165, 1.54) is 13.0 Å². The molecule has 0 amide bonds. The van der Waals surface area contributed by atoms with Crippen molar-refractivity contribution >= 4 is 11.6 Å². The molecule has 0 fully saturated rings. The topological polar surface area (TPSA) is 43.1 Å². The summed E-state index contributed by atoms with van der Waals surface area (Å²) in [7, 11) is 0. The molecule has 0 heterocycles. The van der Waals surface area contributed by atoms with Gasteiger partial charge in [0.25, 0.3) is 0 Å². The average Bonchev–Trinajstić information content (AvgIpc) is 2.19. The summed E-state index contributed by atoms with van der Waals surface area (Å²) in [6.07, 6.45) is -4.61. The van der Waals surface area contributed by atoms with Crippen LogP contribution in [0.15, 0.2) is 18.2 Å². The largest absolute Gasteiger partial charge is 0.417 e. The van der Waals surface area contributed by atoms with Gasteiger partial charge in [0, 0.05) is 18.3 Å². The normalized spacial score (nSPS) is 13.5. The second kappa shape index (κ2) is 4.91. The Balaban J connectivity index is 3.01. The van der Waals surface area contributed by atoms with Crippen LogP contribution in [-0.4, -0.2) is 11.0 Å². The molecule has 0 aromatic heterocycles. The summed E-state index contributed by atoms with van der Waals surface area (Å²) in [6, 6.07) is 2.38. The van der Waals surface area contributed by atoms with Crippen molar-refractivity contribution in [2.45, 2.75) is 25.6 Å². The van der Waals surface area contributed by atoms with E-state index < -0.39 is 27.7 Å². The van der Waals surface area contributed by atoms with Crippen molar-refractivity contribution in [2.75, 3.05) is 0 Å². The lowest BCUT2D eigenvalue weighted by Crippen LogP contribution is -2.18. The number of alkyl halides is 3. The Morgan fingerprint density at radius 1 is 1.47 bits per heavy atom. The van der Waals surface area contributed by atoms with Crippen molar-refractivity contribution in [2.24, 2.45) is 0 Å². The monoisotopic (exact) mass is 267 g/mol. The fourth-order valence-corrected chi connectivity index (χ4v) is 1.56. The third kappa shape index (κ3) is 3.59. The van der Waals surface area contributed by atoms with Crippen LogP contribution in [0.25, 0.3) is 0 Å². The van der Waals surface area contributed by atoms with Crippen LogP contribution in [0.3, 0.4) is 0 Å². The Bertz CT molecular complexity index is 434. The standard InChI is InChI=1S/C10H9ClF3NO2/c1-6(15(16)17)4-7-2-3-9(11)8(5-7)10(12,13)14/h2-3,5-6H,4H2,1H3. The second-order valence-corrected chi connectivity index (χ2v) is 4.06. The molecular weight excluding hydrogens is 259 g/mol. The summed E-state index contributed by atoms with van der Waals surface area (Å²) in [6.45, 7) is 1.34. The van der Waals surface area contributed by atoms with Crippen LogP contribution < -0.4 is 0 Å². The highest BCUT2D eigenvalue weighted by atomic mass is 35.5. The van der Waals surface area contributed by atoms with E-state index in [0.717, 1.165) is 12.1 Å². The SMILES string of the molecule is CC(Cc1ccc(Cl)c(C(F)(F)F)c1)[N+](=O)[O-]. The van der Waals surface area contributed by atoms with Crippen molar-refractivity contribution in [3.8, 4) is 0 Å². The fraction of sp³-hybridized carbons (Fsp3) is 0.400. The van der Waals surface area contributed by atoms with Crippen LogP contribution in [0.1, 0.15) is 18.1 Å². The van der Waals surface area contributed by atoms with E-state index in [1.807, 2.05) is 0 Å². The molecule has 0 bridgehead atoms. The Labute approximate surface area is 100 Å². The molecule has 0 radical (unpaired) electrons. The van der Waals surface area contributed by atoms with Gasteiger partial charge in [-0.1, -0.05) is 17.7 Å². The molecule has 17 heavy (non-hydrogen) atoms. The molecule has 0 saturated carbocycles. The van der Waals surface area contributed by atoms with Gasteiger partial charge in [-0.3, -0.25) is 10.1 Å². The van der Waals surface area contributed by atoms with E-state index in [-0.39, 0.29) is 12.0 Å². The van der Waals surface area contributed by atoms with Gasteiger partial charge in [-0.2, -0.15) is 13.2 Å². The average molecular weight is 268 g/mol. The van der Waals surface area contributed by atoms with Crippen LogP contribution in [0.2, 0.25) is 5.02 Å². The molecule has 0 aliphatic carbocycles. The predicted octanol–water partition coefficient (Wildman–Crippen LogP) is 3.57. The van der Waals surface area contributed by atoms with Crippen LogP contribution in [0, 0.1) is 10.1 Å². The predicted molar refractivity (Wildman–Crippen MR) is 56.6 cm³/mol. The van der Waals surface area contributed by atoms with Crippen molar-refractivity contribution in [3.05, 3.63) is 44.5 Å². The molecule has 94 valence electrons. The Morgan fingerprint density at radius 2 is 2.06 bits per heavy atom. The number of nitrogens with zero attached hydrogens (tertiary/aromatic N) is 1. The van der Waals surface area contributed by atoms with E-state index in [2.05, 4.69) is 0 Å². The fourth-order valence-electron chi connectivity index (χ4n) is 1.33. The van der Waals surface area contributed by atoms with E-state index in [4.69, 9.17) is 11.6 Å². The Hall–Kier alpha value is -1.30. The highest BCUT2D eigenvalue weighted by molar-refractivity contribution is 6.31. The second-order valence-electron chi connectivity index (χ2n) is 3.65. The smallest absolute Gasteiger partial charge is 0.264 e. The number of nitro groups is 1. The highest BCUT2D eigenvalue weighted by Gasteiger charge is 2.33. The number of hydrogen-bond acceptors (Lipinski definition) is 2. The van der Waals surface area contributed by atoms with Crippen LogP contribution in [0.4, 0.5) is 13.2 Å². The Morgan fingerprint density at radius 3 is 2.53 bits per heavy atom.